The van der Waals surface area contributed by atoms with Gasteiger partial charge in [-0.05, 0) is 42.9 Å². The van der Waals surface area contributed by atoms with Crippen LogP contribution in [0.4, 0.5) is 10.5 Å². The van der Waals surface area contributed by atoms with Crippen molar-refractivity contribution in [1.82, 2.24) is 21.3 Å². The average molecular weight is 913 g/mol. The largest absolute Gasteiger partial charge is 0.481 e. The van der Waals surface area contributed by atoms with Gasteiger partial charge in [0.25, 0.3) is 0 Å². The van der Waals surface area contributed by atoms with Gasteiger partial charge in [-0.25, -0.2) is 4.79 Å². The standard InChI is InChI=1S/C41H64N6O17/c1-6-24(49)13-16-61-17-14-30(50)44-27(11-12-31(51)52)37(57)47-32(21(2)3)38(58)46-26(8-7-15-43-41(42)60)36(56)45-25-10-9-23(20-62-39(59)22(4)5)18-28(25)63-40-35(55)34(54)33(53)29(19-48)64-40/h9-10,18,21-22,26-27,29,32-35,40,48,53-55H,6-8,11-17,19-20H2,1-5H3,(H,44,50)(H,45,56)(H,46,58)(H,47,57)(H,51,52)(H3,42,43,60)/t26-,27-,29+,32-,33+,34-,35+,40+/m0/s1. The number of esters is 1. The zero-order valence-electron chi connectivity index (χ0n) is 36.7. The topological polar surface area (TPSA) is 361 Å². The molecule has 0 unspecified atom stereocenters. The summed E-state index contributed by atoms with van der Waals surface area (Å²) in [6.07, 6.45) is -9.01. The number of nitrogens with one attached hydrogen (secondary N) is 5. The van der Waals surface area contributed by atoms with Gasteiger partial charge in [0, 0.05) is 32.2 Å². The molecule has 6 amide bonds. The fourth-order valence-corrected chi connectivity index (χ4v) is 5.96. The van der Waals surface area contributed by atoms with E-state index in [0.717, 1.165) is 0 Å². The fourth-order valence-electron chi connectivity index (χ4n) is 5.96. The van der Waals surface area contributed by atoms with Gasteiger partial charge < -0.3 is 76.8 Å². The number of hydrogen-bond acceptors (Lipinski definition) is 16. The van der Waals surface area contributed by atoms with E-state index in [1.807, 2.05) is 0 Å². The fraction of sp³-hybridized carbons (Fsp3) is 0.659. The molecule has 0 spiro atoms. The number of aliphatic carboxylic acids is 1. The van der Waals surface area contributed by atoms with Crippen molar-refractivity contribution in [1.29, 1.82) is 0 Å². The molecule has 1 aliphatic rings. The summed E-state index contributed by atoms with van der Waals surface area (Å²) in [4.78, 5) is 101. The summed E-state index contributed by atoms with van der Waals surface area (Å²) in [5, 5.41) is 63.0. The van der Waals surface area contributed by atoms with Crippen molar-refractivity contribution in [3.05, 3.63) is 23.8 Å². The van der Waals surface area contributed by atoms with E-state index in [1.54, 1.807) is 34.6 Å². The Morgan fingerprint density at radius 3 is 2.11 bits per heavy atom. The van der Waals surface area contributed by atoms with Crippen LogP contribution in [0.3, 0.4) is 0 Å². The Hall–Kier alpha value is -5.46. The number of benzene rings is 1. The summed E-state index contributed by atoms with van der Waals surface area (Å²) in [6, 6.07) is -0.803. The lowest BCUT2D eigenvalue weighted by atomic mass is 9.99. The molecule has 1 fully saturated rings. The molecule has 2 rings (SSSR count). The summed E-state index contributed by atoms with van der Waals surface area (Å²) in [5.41, 5.74) is 5.45. The minimum absolute atomic E-state index is 0.0124. The van der Waals surface area contributed by atoms with E-state index < -0.39 is 115 Å². The molecule has 1 heterocycles. The number of amides is 6. The average Bonchev–Trinajstić information content (AvgIpc) is 3.24. The molecule has 23 heteroatoms. The van der Waals surface area contributed by atoms with Crippen LogP contribution in [0.5, 0.6) is 5.75 Å². The number of carboxylic acid groups (broad SMARTS) is 1. The molecular weight excluding hydrogens is 848 g/mol. The maximum absolute atomic E-state index is 14.1. The van der Waals surface area contributed by atoms with Gasteiger partial charge >= 0.3 is 18.0 Å². The van der Waals surface area contributed by atoms with Gasteiger partial charge in [-0.1, -0.05) is 40.7 Å². The lowest BCUT2D eigenvalue weighted by Gasteiger charge is -2.39. The molecule has 1 aliphatic heterocycles. The number of nitrogens with two attached hydrogens (primary N) is 1. The molecule has 0 aliphatic carbocycles. The van der Waals surface area contributed by atoms with Crippen molar-refractivity contribution in [3.8, 4) is 5.75 Å². The number of urea groups is 1. The van der Waals surface area contributed by atoms with Crippen LogP contribution in [0.1, 0.15) is 85.1 Å². The number of aliphatic hydroxyl groups is 4. The molecule has 0 aromatic heterocycles. The molecule has 8 atom stereocenters. The van der Waals surface area contributed by atoms with Gasteiger partial charge in [0.15, 0.2) is 0 Å². The molecular formula is C41H64N6O17. The number of carbonyl (C=O) groups is 8. The number of ether oxygens (including phenoxy) is 4. The Morgan fingerprint density at radius 1 is 0.828 bits per heavy atom. The van der Waals surface area contributed by atoms with E-state index in [2.05, 4.69) is 26.6 Å². The van der Waals surface area contributed by atoms with Crippen LogP contribution in [-0.4, -0.2) is 148 Å². The molecule has 12 N–H and O–H groups in total. The quantitative estimate of drug-likeness (QED) is 0.0344. The predicted octanol–water partition coefficient (Wildman–Crippen LogP) is -1.30. The minimum atomic E-state index is -1.85. The summed E-state index contributed by atoms with van der Waals surface area (Å²) >= 11 is 0. The molecule has 23 nitrogen and oxygen atoms in total. The van der Waals surface area contributed by atoms with E-state index in [1.165, 1.54) is 18.2 Å². The number of carboxylic acids is 1. The van der Waals surface area contributed by atoms with Crippen LogP contribution >= 0.6 is 0 Å². The molecule has 0 bridgehead atoms. The molecule has 0 radical (unpaired) electrons. The first-order chi connectivity index (χ1) is 30.2. The number of aliphatic hydroxyl groups excluding tert-OH is 4. The number of Topliss-reactive ketones (excluding diaryl/α,β-unsaturated/α-hetero) is 1. The zero-order valence-corrected chi connectivity index (χ0v) is 36.7. The normalized spacial score (nSPS) is 19.7. The van der Waals surface area contributed by atoms with Crippen molar-refractivity contribution in [2.24, 2.45) is 17.6 Å². The molecule has 1 aromatic carbocycles. The second kappa shape index (κ2) is 27.7. The summed E-state index contributed by atoms with van der Waals surface area (Å²) in [5.74, 6) is -6.33. The maximum atomic E-state index is 14.1. The smallest absolute Gasteiger partial charge is 0.312 e. The van der Waals surface area contributed by atoms with Gasteiger partial charge in [0.1, 0.15) is 60.7 Å². The maximum Gasteiger partial charge on any atom is 0.312 e. The SMILES string of the molecule is CCC(=O)CCOCCC(=O)N[C@@H](CCC(=O)O)C(=O)N[C@H](C(=O)N[C@@H](CCCNC(N)=O)C(=O)Nc1ccc(COC(=O)C(C)C)cc1O[C@@H]1O[C@H](CO)[C@@H](O)[C@H](O)[C@H]1O)C(C)C. The van der Waals surface area contributed by atoms with Gasteiger partial charge in [-0.2, -0.15) is 0 Å². The Balaban J connectivity index is 2.38. The summed E-state index contributed by atoms with van der Waals surface area (Å²) in [7, 11) is 0. The van der Waals surface area contributed by atoms with Gasteiger partial charge in [0.05, 0.1) is 31.4 Å². The Kier molecular flexibility index (Phi) is 23.6. The Labute approximate surface area is 370 Å². The van der Waals surface area contributed by atoms with E-state index in [9.17, 15) is 63.9 Å². The first-order valence-electron chi connectivity index (χ1n) is 21.0. The van der Waals surface area contributed by atoms with Crippen molar-refractivity contribution in [2.75, 3.05) is 31.7 Å². The number of rotatable bonds is 28. The molecule has 360 valence electrons. The van der Waals surface area contributed by atoms with Crippen molar-refractivity contribution in [3.63, 3.8) is 0 Å². The zero-order chi connectivity index (χ0) is 48.1. The lowest BCUT2D eigenvalue weighted by molar-refractivity contribution is -0.277. The number of primary amides is 1. The van der Waals surface area contributed by atoms with Gasteiger partial charge in [0.2, 0.25) is 29.9 Å². The number of ketones is 1. The van der Waals surface area contributed by atoms with E-state index in [0.29, 0.717) is 12.0 Å². The predicted molar refractivity (Wildman–Crippen MR) is 224 cm³/mol. The third kappa shape index (κ3) is 18.7. The number of carbonyl (C=O) groups excluding carboxylic acids is 7. The highest BCUT2D eigenvalue weighted by molar-refractivity contribution is 5.99. The minimum Gasteiger partial charge on any atom is -0.481 e. The highest BCUT2D eigenvalue weighted by Gasteiger charge is 2.45. The molecule has 0 saturated carbocycles. The first-order valence-corrected chi connectivity index (χ1v) is 21.0. The van der Waals surface area contributed by atoms with Crippen LogP contribution in [0.2, 0.25) is 0 Å². The first kappa shape index (κ1) is 54.7. The van der Waals surface area contributed by atoms with E-state index in [4.69, 9.17) is 24.7 Å². The van der Waals surface area contributed by atoms with Crippen LogP contribution in [0, 0.1) is 11.8 Å². The van der Waals surface area contributed by atoms with Gasteiger partial charge in [-0.15, -0.1) is 0 Å². The third-order valence-electron chi connectivity index (χ3n) is 9.79. The molecule has 1 saturated heterocycles. The highest BCUT2D eigenvalue weighted by atomic mass is 16.7. The molecule has 1 aromatic rings. The van der Waals surface area contributed by atoms with Crippen LogP contribution in [0.15, 0.2) is 18.2 Å². The molecule has 64 heavy (non-hydrogen) atoms. The van der Waals surface area contributed by atoms with E-state index in [-0.39, 0.29) is 75.7 Å². The summed E-state index contributed by atoms with van der Waals surface area (Å²) < 4.78 is 22.0. The monoisotopic (exact) mass is 912 g/mol. The number of anilines is 1. The Bertz CT molecular complexity index is 1740. The highest BCUT2D eigenvalue weighted by Crippen LogP contribution is 2.31. The van der Waals surface area contributed by atoms with Crippen LogP contribution in [0.25, 0.3) is 0 Å². The second-order valence-corrected chi connectivity index (χ2v) is 15.7. The van der Waals surface area contributed by atoms with Crippen molar-refractivity contribution < 1.29 is 82.8 Å². The van der Waals surface area contributed by atoms with E-state index >= 15 is 0 Å². The summed E-state index contributed by atoms with van der Waals surface area (Å²) in [6.45, 7) is 7.13. The van der Waals surface area contributed by atoms with Gasteiger partial charge in [-0.3, -0.25) is 33.6 Å². The van der Waals surface area contributed by atoms with Crippen LogP contribution in [-0.2, 0) is 54.4 Å². The lowest BCUT2D eigenvalue weighted by Crippen LogP contribution is -2.60. The number of hydrogen-bond donors (Lipinski definition) is 11. The third-order valence-corrected chi connectivity index (χ3v) is 9.79. The van der Waals surface area contributed by atoms with Crippen molar-refractivity contribution in [2.45, 2.75) is 135 Å². The second-order valence-electron chi connectivity index (χ2n) is 15.7. The van der Waals surface area contributed by atoms with Crippen LogP contribution < -0.4 is 37.1 Å². The van der Waals surface area contributed by atoms with Crippen molar-refractivity contribution >= 4 is 53.1 Å². The Morgan fingerprint density at radius 2 is 1.50 bits per heavy atom.